The summed E-state index contributed by atoms with van der Waals surface area (Å²) in [4.78, 5) is 4.11. The van der Waals surface area contributed by atoms with Crippen LogP contribution in [0.5, 0.6) is 0 Å². The van der Waals surface area contributed by atoms with Crippen LogP contribution in [0.1, 0.15) is 5.76 Å². The SMILES string of the molecule is Clc1ccc(CNc2ccccn2)o1. The average molecular weight is 209 g/mol. The number of aromatic nitrogens is 1. The summed E-state index contributed by atoms with van der Waals surface area (Å²) in [5.74, 6) is 1.61. The fourth-order valence-electron chi connectivity index (χ4n) is 1.09. The number of halogens is 1. The van der Waals surface area contributed by atoms with E-state index in [-0.39, 0.29) is 0 Å². The van der Waals surface area contributed by atoms with E-state index >= 15 is 0 Å². The van der Waals surface area contributed by atoms with Crippen LogP contribution in [0, 0.1) is 0 Å². The Hall–Kier alpha value is -1.48. The molecule has 0 saturated heterocycles. The molecule has 0 bridgehead atoms. The third-order valence-electron chi connectivity index (χ3n) is 1.74. The number of furan rings is 1. The number of pyridine rings is 1. The first-order chi connectivity index (χ1) is 6.84. The Balaban J connectivity index is 1.95. The van der Waals surface area contributed by atoms with E-state index in [4.69, 9.17) is 16.0 Å². The molecule has 2 heterocycles. The largest absolute Gasteiger partial charge is 0.448 e. The number of nitrogens with zero attached hydrogens (tertiary/aromatic N) is 1. The number of anilines is 1. The van der Waals surface area contributed by atoms with Crippen LogP contribution in [-0.2, 0) is 6.54 Å². The van der Waals surface area contributed by atoms with E-state index in [0.717, 1.165) is 11.6 Å². The molecule has 2 aromatic rings. The Morgan fingerprint density at radius 2 is 2.21 bits per heavy atom. The van der Waals surface area contributed by atoms with Crippen LogP contribution >= 0.6 is 11.6 Å². The number of hydrogen-bond donors (Lipinski definition) is 1. The van der Waals surface area contributed by atoms with Gasteiger partial charge in [-0.15, -0.1) is 0 Å². The van der Waals surface area contributed by atoms with Gasteiger partial charge in [-0.25, -0.2) is 4.98 Å². The summed E-state index contributed by atoms with van der Waals surface area (Å²) in [6.07, 6.45) is 1.73. The molecule has 0 aromatic carbocycles. The van der Waals surface area contributed by atoms with Crippen LogP contribution in [0.25, 0.3) is 0 Å². The van der Waals surface area contributed by atoms with Crippen LogP contribution in [0.15, 0.2) is 40.9 Å². The molecule has 0 radical (unpaired) electrons. The molecule has 0 amide bonds. The molecule has 0 fully saturated rings. The highest BCUT2D eigenvalue weighted by molar-refractivity contribution is 6.28. The smallest absolute Gasteiger partial charge is 0.193 e. The van der Waals surface area contributed by atoms with Gasteiger partial charge in [0, 0.05) is 6.20 Å². The lowest BCUT2D eigenvalue weighted by Crippen LogP contribution is -1.99. The molecule has 2 rings (SSSR count). The number of hydrogen-bond acceptors (Lipinski definition) is 3. The molecule has 0 spiro atoms. The molecular weight excluding hydrogens is 200 g/mol. The fourth-order valence-corrected chi connectivity index (χ4v) is 1.25. The minimum absolute atomic E-state index is 0.405. The van der Waals surface area contributed by atoms with Gasteiger partial charge < -0.3 is 9.73 Å². The standard InChI is InChI=1S/C10H9ClN2O/c11-9-5-4-8(14-9)7-13-10-3-1-2-6-12-10/h1-6H,7H2,(H,12,13). The Labute approximate surface area is 86.7 Å². The molecule has 14 heavy (non-hydrogen) atoms. The van der Waals surface area contributed by atoms with Gasteiger partial charge in [0.15, 0.2) is 5.22 Å². The number of nitrogens with one attached hydrogen (secondary N) is 1. The number of rotatable bonds is 3. The van der Waals surface area contributed by atoms with Gasteiger partial charge in [-0.1, -0.05) is 6.07 Å². The van der Waals surface area contributed by atoms with E-state index in [2.05, 4.69) is 10.3 Å². The molecular formula is C10H9ClN2O. The van der Waals surface area contributed by atoms with E-state index in [1.165, 1.54) is 0 Å². The Kier molecular flexibility index (Phi) is 2.70. The highest BCUT2D eigenvalue weighted by Gasteiger charge is 1.99. The second-order valence-corrected chi connectivity index (χ2v) is 3.15. The molecule has 4 heteroatoms. The summed E-state index contributed by atoms with van der Waals surface area (Å²) in [5, 5.41) is 3.52. The Morgan fingerprint density at radius 3 is 2.86 bits per heavy atom. The molecule has 2 aromatic heterocycles. The molecule has 0 unspecified atom stereocenters. The van der Waals surface area contributed by atoms with Crippen LogP contribution in [0.3, 0.4) is 0 Å². The zero-order valence-corrected chi connectivity index (χ0v) is 8.16. The van der Waals surface area contributed by atoms with Crippen molar-refractivity contribution in [2.45, 2.75) is 6.54 Å². The van der Waals surface area contributed by atoms with Crippen LogP contribution in [0.2, 0.25) is 5.22 Å². The second-order valence-electron chi connectivity index (χ2n) is 2.77. The first-order valence-corrected chi connectivity index (χ1v) is 4.61. The maximum atomic E-state index is 5.63. The zero-order valence-electron chi connectivity index (χ0n) is 7.40. The monoisotopic (exact) mass is 208 g/mol. The lowest BCUT2D eigenvalue weighted by molar-refractivity contribution is 0.519. The molecule has 3 nitrogen and oxygen atoms in total. The first kappa shape index (κ1) is 9.09. The lowest BCUT2D eigenvalue weighted by atomic mass is 10.4. The van der Waals surface area contributed by atoms with Crippen molar-refractivity contribution < 1.29 is 4.42 Å². The Morgan fingerprint density at radius 1 is 1.29 bits per heavy atom. The van der Waals surface area contributed by atoms with Crippen molar-refractivity contribution in [2.75, 3.05) is 5.32 Å². The summed E-state index contributed by atoms with van der Waals surface area (Å²) in [5.41, 5.74) is 0. The zero-order chi connectivity index (χ0) is 9.80. The van der Waals surface area contributed by atoms with Crippen molar-refractivity contribution in [1.29, 1.82) is 0 Å². The Bertz CT molecular complexity index is 400. The van der Waals surface area contributed by atoms with Crippen molar-refractivity contribution in [3.05, 3.63) is 47.5 Å². The molecule has 0 aliphatic rings. The van der Waals surface area contributed by atoms with E-state index < -0.39 is 0 Å². The summed E-state index contributed by atoms with van der Waals surface area (Å²) in [7, 11) is 0. The minimum atomic E-state index is 0.405. The lowest BCUT2D eigenvalue weighted by Gasteiger charge is -2.01. The van der Waals surface area contributed by atoms with Gasteiger partial charge in [0.05, 0.1) is 6.54 Å². The van der Waals surface area contributed by atoms with Crippen molar-refractivity contribution in [1.82, 2.24) is 4.98 Å². The topological polar surface area (TPSA) is 38.1 Å². The summed E-state index contributed by atoms with van der Waals surface area (Å²) >= 11 is 5.63. The van der Waals surface area contributed by atoms with Gasteiger partial charge in [0.1, 0.15) is 11.6 Å². The van der Waals surface area contributed by atoms with Gasteiger partial charge in [-0.2, -0.15) is 0 Å². The molecule has 72 valence electrons. The third-order valence-corrected chi connectivity index (χ3v) is 1.94. The van der Waals surface area contributed by atoms with Crippen LogP contribution in [-0.4, -0.2) is 4.98 Å². The quantitative estimate of drug-likeness (QED) is 0.843. The minimum Gasteiger partial charge on any atom is -0.448 e. The van der Waals surface area contributed by atoms with Gasteiger partial charge in [-0.05, 0) is 35.9 Å². The summed E-state index contributed by atoms with van der Waals surface area (Å²) in [6, 6.07) is 9.24. The molecule has 0 atom stereocenters. The normalized spacial score (nSPS) is 10.1. The maximum absolute atomic E-state index is 5.63. The summed E-state index contributed by atoms with van der Waals surface area (Å²) in [6.45, 7) is 0.587. The van der Waals surface area contributed by atoms with E-state index in [1.807, 2.05) is 24.3 Å². The second kappa shape index (κ2) is 4.15. The van der Waals surface area contributed by atoms with Gasteiger partial charge in [-0.3, -0.25) is 0 Å². The van der Waals surface area contributed by atoms with Gasteiger partial charge >= 0.3 is 0 Å². The van der Waals surface area contributed by atoms with Crippen LogP contribution in [0.4, 0.5) is 5.82 Å². The highest BCUT2D eigenvalue weighted by atomic mass is 35.5. The van der Waals surface area contributed by atoms with Crippen molar-refractivity contribution in [3.63, 3.8) is 0 Å². The highest BCUT2D eigenvalue weighted by Crippen LogP contribution is 2.14. The van der Waals surface area contributed by atoms with Gasteiger partial charge in [0.2, 0.25) is 0 Å². The van der Waals surface area contributed by atoms with Gasteiger partial charge in [0.25, 0.3) is 0 Å². The first-order valence-electron chi connectivity index (χ1n) is 4.24. The fraction of sp³-hybridized carbons (Fsp3) is 0.100. The molecule has 0 aliphatic heterocycles. The third kappa shape index (κ3) is 2.26. The van der Waals surface area contributed by atoms with Crippen LogP contribution < -0.4 is 5.32 Å². The average Bonchev–Trinajstić information content (AvgIpc) is 2.63. The predicted octanol–water partition coefficient (Wildman–Crippen LogP) is 2.94. The maximum Gasteiger partial charge on any atom is 0.193 e. The molecule has 0 saturated carbocycles. The van der Waals surface area contributed by atoms with E-state index in [9.17, 15) is 0 Å². The molecule has 0 aliphatic carbocycles. The van der Waals surface area contributed by atoms with E-state index in [0.29, 0.717) is 11.8 Å². The predicted molar refractivity (Wildman–Crippen MR) is 55.3 cm³/mol. The van der Waals surface area contributed by atoms with Crippen molar-refractivity contribution >= 4 is 17.4 Å². The van der Waals surface area contributed by atoms with Crippen molar-refractivity contribution in [2.24, 2.45) is 0 Å². The molecule has 1 N–H and O–H groups in total. The van der Waals surface area contributed by atoms with E-state index in [1.54, 1.807) is 12.3 Å². The summed E-state index contributed by atoms with van der Waals surface area (Å²) < 4.78 is 5.18. The van der Waals surface area contributed by atoms with Crippen molar-refractivity contribution in [3.8, 4) is 0 Å².